The van der Waals surface area contributed by atoms with Gasteiger partial charge in [0.2, 0.25) is 0 Å². The van der Waals surface area contributed by atoms with Crippen LogP contribution in [0, 0.1) is 0 Å². The van der Waals surface area contributed by atoms with Gasteiger partial charge in [0.05, 0.1) is 0 Å². The molecule has 0 unspecified atom stereocenters. The van der Waals surface area contributed by atoms with Crippen molar-refractivity contribution in [3.05, 3.63) is 268 Å². The van der Waals surface area contributed by atoms with Gasteiger partial charge in [-0.15, -0.1) is 0 Å². The van der Waals surface area contributed by atoms with E-state index in [1.165, 1.54) is 72.8 Å². The molecule has 0 radical (unpaired) electrons. The molecular formula is C72H66F15O4S3Sb. The molecule has 0 aromatic heterocycles. The van der Waals surface area contributed by atoms with Crippen LogP contribution in [-0.2, 0) is 66.7 Å². The molecule has 0 aliphatic rings. The molecule has 0 amide bonds. The molecule has 9 aromatic rings. The van der Waals surface area contributed by atoms with Crippen molar-refractivity contribution in [1.82, 2.24) is 0 Å². The fourth-order valence-electron chi connectivity index (χ4n) is 10.7. The van der Waals surface area contributed by atoms with Gasteiger partial charge in [0.15, 0.2) is 0 Å². The van der Waals surface area contributed by atoms with Gasteiger partial charge in [-0.2, -0.15) is 0 Å². The van der Waals surface area contributed by atoms with Gasteiger partial charge in [-0.05, 0) is 0 Å². The number of halogens is 15. The molecule has 9 rings (SSSR count). The Hall–Kier alpha value is -6.52. The summed E-state index contributed by atoms with van der Waals surface area (Å²) in [5.74, 6) is -16.8. The van der Waals surface area contributed by atoms with Crippen LogP contribution in [0.15, 0.2) is 262 Å². The maximum atomic E-state index is 19.0. The van der Waals surface area contributed by atoms with Crippen molar-refractivity contribution < 1.29 is 76.3 Å². The van der Waals surface area contributed by atoms with Gasteiger partial charge in [0.25, 0.3) is 0 Å². The van der Waals surface area contributed by atoms with Crippen molar-refractivity contribution in [1.29, 1.82) is 0 Å². The Bertz CT molecular complexity index is 3580. The molecule has 0 aliphatic heterocycles. The van der Waals surface area contributed by atoms with E-state index in [4.69, 9.17) is 7.38 Å². The molecule has 0 aliphatic carbocycles. The summed E-state index contributed by atoms with van der Waals surface area (Å²) >= 11 is -8.27. The first-order valence-electron chi connectivity index (χ1n) is 30.2. The third kappa shape index (κ3) is 14.2. The van der Waals surface area contributed by atoms with Crippen molar-refractivity contribution in [2.45, 2.75) is 160 Å². The minimum absolute atomic E-state index is 0.0770. The third-order valence-electron chi connectivity index (χ3n) is 16.2. The van der Waals surface area contributed by atoms with E-state index in [9.17, 15) is 39.5 Å². The Kier molecular flexibility index (Phi) is 21.5. The molecule has 23 heteroatoms. The average Bonchev–Trinajstić information content (AvgIpc) is 0.715. The Morgan fingerprint density at radius 2 is 0.432 bits per heavy atom. The first-order chi connectivity index (χ1) is 44.7. The van der Waals surface area contributed by atoms with Crippen molar-refractivity contribution in [2.75, 3.05) is 0 Å². The molecule has 506 valence electrons. The zero-order valence-corrected chi connectivity index (χ0v) is 57.0. The van der Waals surface area contributed by atoms with E-state index in [2.05, 4.69) is 0 Å². The van der Waals surface area contributed by atoms with Gasteiger partial charge < -0.3 is 0 Å². The molecule has 0 atom stereocenters. The van der Waals surface area contributed by atoms with Crippen LogP contribution in [0.3, 0.4) is 0 Å². The molecule has 95 heavy (non-hydrogen) atoms. The standard InChI is InChI=1S/3C24H23F5OS.O.Sb/c3*1-3-17-8-12-20(13-9-17)31(30,21-14-10-18(4-2)11-15-21)22-7-5-6-19(16-22)23(25,26)24(27,28)29;;/h3*5-16,30H,3-4H2,1-2H3;;/q;;;;+3/p-3. The van der Waals surface area contributed by atoms with E-state index in [0.717, 1.165) is 36.4 Å². The predicted molar refractivity (Wildman–Crippen MR) is 341 cm³/mol. The van der Waals surface area contributed by atoms with Crippen molar-refractivity contribution in [3.63, 3.8) is 0 Å². The zero-order valence-electron chi connectivity index (χ0n) is 52.0. The topological polar surface area (TPSA) is 44.8 Å². The van der Waals surface area contributed by atoms with Gasteiger partial charge in [0, 0.05) is 0 Å². The van der Waals surface area contributed by atoms with Crippen LogP contribution in [0.25, 0.3) is 0 Å². The Labute approximate surface area is 552 Å². The predicted octanol–water partition coefficient (Wildman–Crippen LogP) is 23.9. The number of benzene rings is 9. The summed E-state index contributed by atoms with van der Waals surface area (Å²) in [4.78, 5) is -2.02. The summed E-state index contributed by atoms with van der Waals surface area (Å²) in [5.41, 5.74) is -1.06. The maximum absolute atomic E-state index is 19.0. The summed E-state index contributed by atoms with van der Waals surface area (Å²) in [6, 6.07) is 45.5. The van der Waals surface area contributed by atoms with Gasteiger partial charge in [-0.25, -0.2) is 0 Å². The molecule has 0 bridgehead atoms. The van der Waals surface area contributed by atoms with Crippen molar-refractivity contribution >= 4 is 51.0 Å². The number of alkyl halides is 15. The van der Waals surface area contributed by atoms with Crippen LogP contribution >= 0.6 is 30.9 Å². The van der Waals surface area contributed by atoms with E-state index in [-0.39, 0.29) is 29.4 Å². The van der Waals surface area contributed by atoms with Gasteiger partial charge in [-0.1, -0.05) is 0 Å². The second-order valence-electron chi connectivity index (χ2n) is 22.1. The number of rotatable bonds is 24. The summed E-state index contributed by atoms with van der Waals surface area (Å²) in [7, 11) is -13.3. The van der Waals surface area contributed by atoms with E-state index in [0.29, 0.717) is 108 Å². The van der Waals surface area contributed by atoms with E-state index in [1.807, 2.05) is 0 Å². The minimum atomic E-state index is -8.27. The quantitative estimate of drug-likeness (QED) is 0.0447. The van der Waals surface area contributed by atoms with Gasteiger partial charge in [-0.3, -0.25) is 0 Å². The molecule has 4 nitrogen and oxygen atoms in total. The SMILES string of the molecule is CCc1ccc(S([O][Sb](=[O])([O]S(c2ccc(CC)cc2)(c2ccc(CC)cc2)c2cccc(C(F)(F)C(F)(F)F)c2)[O]S(c2ccc(CC)cc2)(c2ccc(CC)cc2)c2cccc(C(F)(F)C(F)(F)F)c2)(c2ccc(CC)cc2)c2cccc(C(F)(F)C(F)(F)F)c2)cc1. The van der Waals surface area contributed by atoms with E-state index >= 15 is 29.4 Å². The van der Waals surface area contributed by atoms with Crippen LogP contribution in [0.5, 0.6) is 0 Å². The summed E-state index contributed by atoms with van der Waals surface area (Å²) in [6.45, 7) is 10.8. The molecular weight excluding hydrogens is 1430 g/mol. The Morgan fingerprint density at radius 3 is 0.579 bits per heavy atom. The van der Waals surface area contributed by atoms with E-state index < -0.39 is 119 Å². The first kappa shape index (κ1) is 72.7. The van der Waals surface area contributed by atoms with Crippen LogP contribution < -0.4 is 0 Å². The second kappa shape index (κ2) is 28.1. The van der Waals surface area contributed by atoms with Crippen molar-refractivity contribution in [2.24, 2.45) is 0 Å². The fourth-order valence-corrected chi connectivity index (χ4v) is 35.4. The second-order valence-corrected chi connectivity index (χ2v) is 36.5. The van der Waals surface area contributed by atoms with Crippen LogP contribution in [0.2, 0.25) is 0 Å². The Balaban J connectivity index is 1.57. The third-order valence-corrected chi connectivity index (χ3v) is 36.3. The van der Waals surface area contributed by atoms with Gasteiger partial charge in [0.1, 0.15) is 0 Å². The number of aryl methyl sites for hydroxylation is 6. The first-order valence-corrected chi connectivity index (χ1v) is 39.0. The number of hydrogen-bond donors (Lipinski definition) is 0. The molecule has 0 spiro atoms. The molecule has 0 fully saturated rings. The summed E-state index contributed by atoms with van der Waals surface area (Å²) < 4.78 is 273. The average molecular weight is 1500 g/mol. The molecule has 0 saturated carbocycles. The molecule has 0 heterocycles. The van der Waals surface area contributed by atoms with Crippen LogP contribution in [-0.4, -0.2) is 38.6 Å². The van der Waals surface area contributed by atoms with Crippen molar-refractivity contribution in [3.8, 4) is 0 Å². The van der Waals surface area contributed by atoms with E-state index in [1.54, 1.807) is 114 Å². The molecule has 0 N–H and O–H groups in total. The fraction of sp³-hybridized carbons (Fsp3) is 0.250. The van der Waals surface area contributed by atoms with Crippen LogP contribution in [0.1, 0.15) is 91.6 Å². The molecule has 0 saturated heterocycles. The van der Waals surface area contributed by atoms with Crippen LogP contribution in [0.4, 0.5) is 65.9 Å². The normalized spacial score (nSPS) is 13.8. The summed E-state index contributed by atoms with van der Waals surface area (Å²) in [6.07, 6.45) is -16.5. The summed E-state index contributed by atoms with van der Waals surface area (Å²) in [5, 5.41) is 0. The molecule has 9 aromatic carbocycles. The van der Waals surface area contributed by atoms with Gasteiger partial charge >= 0.3 is 556 Å². The Morgan fingerprint density at radius 1 is 0.263 bits per heavy atom. The zero-order chi connectivity index (χ0) is 69.2. The number of hydrogen-bond acceptors (Lipinski definition) is 4. The monoisotopic (exact) mass is 1500 g/mol.